The van der Waals surface area contributed by atoms with Gasteiger partial charge in [0.15, 0.2) is 21.0 Å². The number of fused-ring (bicyclic) bond motifs is 1. The van der Waals surface area contributed by atoms with Gasteiger partial charge in [0.1, 0.15) is 0 Å². The normalized spacial score (nSPS) is 16.3. The molecule has 0 amide bonds. The summed E-state index contributed by atoms with van der Waals surface area (Å²) in [6, 6.07) is 8.16. The lowest BCUT2D eigenvalue weighted by atomic mass is 10.2. The van der Waals surface area contributed by atoms with Crippen LogP contribution in [0.2, 0.25) is 0 Å². The summed E-state index contributed by atoms with van der Waals surface area (Å²) in [6.07, 6.45) is 2.07. The number of aliphatic hydroxyl groups excluding tert-OH is 2. The topological polar surface area (TPSA) is 146 Å². The molecule has 4 rings (SSSR count). The standard InChI is InChI=1S/C31H49N7O6S/c1-5-7-14-37(15-8-6-2)30-32-28-27(29(41)34(4)31(42)33(28)3)38(30)22-24(39)20-35-16-18-36(19-17-35)21-25(40)23-45(43,44)26-12-10-9-11-13-26/h9-13,24-25,39-40H,5-8,14-23H2,1-4H3. The zero-order valence-corrected chi connectivity index (χ0v) is 27.8. The minimum absolute atomic E-state index is 0.143. The minimum atomic E-state index is -3.58. The number of imidazole rings is 1. The molecule has 2 unspecified atom stereocenters. The molecule has 3 aromatic rings. The summed E-state index contributed by atoms with van der Waals surface area (Å²) in [6.45, 7) is 9.05. The third-order valence-electron chi connectivity index (χ3n) is 8.48. The number of hydrogen-bond donors (Lipinski definition) is 2. The van der Waals surface area contributed by atoms with Gasteiger partial charge in [-0.15, -0.1) is 0 Å². The summed E-state index contributed by atoms with van der Waals surface area (Å²) in [5.41, 5.74) is -0.273. The molecule has 0 radical (unpaired) electrons. The van der Waals surface area contributed by atoms with E-state index in [-0.39, 0.29) is 23.7 Å². The molecule has 0 saturated carbocycles. The van der Waals surface area contributed by atoms with Crippen LogP contribution in [0.15, 0.2) is 44.8 Å². The maximum atomic E-state index is 13.4. The summed E-state index contributed by atoms with van der Waals surface area (Å²) in [5, 5.41) is 21.9. The number of aliphatic hydroxyl groups is 2. The van der Waals surface area contributed by atoms with Crippen molar-refractivity contribution < 1.29 is 18.6 Å². The summed E-state index contributed by atoms with van der Waals surface area (Å²) in [7, 11) is -0.519. The molecule has 14 heteroatoms. The second-order valence-electron chi connectivity index (χ2n) is 12.1. The Balaban J connectivity index is 1.44. The van der Waals surface area contributed by atoms with Crippen molar-refractivity contribution in [3.8, 4) is 0 Å². The molecule has 1 aliphatic heterocycles. The predicted octanol–water partition coefficient (Wildman–Crippen LogP) is 0.654. The van der Waals surface area contributed by atoms with Crippen LogP contribution in [0.3, 0.4) is 0 Å². The van der Waals surface area contributed by atoms with Gasteiger partial charge in [0, 0.05) is 66.5 Å². The minimum Gasteiger partial charge on any atom is -0.391 e. The fourth-order valence-electron chi connectivity index (χ4n) is 5.91. The summed E-state index contributed by atoms with van der Waals surface area (Å²) < 4.78 is 29.6. The van der Waals surface area contributed by atoms with Gasteiger partial charge < -0.3 is 19.7 Å². The Labute approximate surface area is 265 Å². The Hall–Kier alpha value is -3.04. The lowest BCUT2D eigenvalue weighted by molar-refractivity contribution is 0.0487. The van der Waals surface area contributed by atoms with E-state index >= 15 is 0 Å². The Bertz CT molecular complexity index is 1620. The van der Waals surface area contributed by atoms with Crippen molar-refractivity contribution in [2.75, 3.05) is 63.0 Å². The summed E-state index contributed by atoms with van der Waals surface area (Å²) >= 11 is 0. The molecule has 45 heavy (non-hydrogen) atoms. The van der Waals surface area contributed by atoms with Crippen molar-refractivity contribution in [1.82, 2.24) is 28.5 Å². The van der Waals surface area contributed by atoms with E-state index in [1.165, 1.54) is 23.7 Å². The quantitative estimate of drug-likeness (QED) is 0.227. The van der Waals surface area contributed by atoms with Crippen LogP contribution in [0.1, 0.15) is 39.5 Å². The van der Waals surface area contributed by atoms with Crippen molar-refractivity contribution in [2.45, 2.75) is 63.2 Å². The number of hydrogen-bond acceptors (Lipinski definition) is 10. The van der Waals surface area contributed by atoms with Crippen LogP contribution < -0.4 is 16.1 Å². The maximum absolute atomic E-state index is 13.4. The van der Waals surface area contributed by atoms with Crippen LogP contribution in [0.4, 0.5) is 5.95 Å². The van der Waals surface area contributed by atoms with Crippen LogP contribution in [-0.2, 0) is 30.5 Å². The van der Waals surface area contributed by atoms with Crippen LogP contribution in [0.5, 0.6) is 0 Å². The zero-order valence-electron chi connectivity index (χ0n) is 27.0. The number of anilines is 1. The molecule has 250 valence electrons. The van der Waals surface area contributed by atoms with Crippen LogP contribution in [-0.4, -0.2) is 117 Å². The highest BCUT2D eigenvalue weighted by molar-refractivity contribution is 7.91. The first-order valence-electron chi connectivity index (χ1n) is 16.0. The number of β-amino-alcohol motifs (C(OH)–C–C–N with tert-alkyl or cyclic N) is 2. The van der Waals surface area contributed by atoms with Crippen molar-refractivity contribution >= 4 is 26.9 Å². The molecule has 2 atom stereocenters. The largest absolute Gasteiger partial charge is 0.391 e. The summed E-state index contributed by atoms with van der Waals surface area (Å²) in [5.74, 6) is 0.254. The molecule has 0 aliphatic carbocycles. The number of rotatable bonds is 16. The molecule has 2 N–H and O–H groups in total. The summed E-state index contributed by atoms with van der Waals surface area (Å²) in [4.78, 5) is 37.4. The van der Waals surface area contributed by atoms with Crippen LogP contribution in [0, 0.1) is 0 Å². The van der Waals surface area contributed by atoms with Crippen molar-refractivity contribution in [3.63, 3.8) is 0 Å². The molecule has 1 saturated heterocycles. The lowest BCUT2D eigenvalue weighted by Gasteiger charge is -2.36. The molecule has 0 bridgehead atoms. The first-order valence-corrected chi connectivity index (χ1v) is 17.6. The third kappa shape index (κ3) is 8.41. The fourth-order valence-corrected chi connectivity index (χ4v) is 7.28. The molecule has 1 fully saturated rings. The molecule has 1 aromatic carbocycles. The number of benzene rings is 1. The van der Waals surface area contributed by atoms with Gasteiger partial charge in [-0.1, -0.05) is 44.9 Å². The van der Waals surface area contributed by atoms with E-state index in [4.69, 9.17) is 4.98 Å². The Morgan fingerprint density at radius 2 is 1.40 bits per heavy atom. The molecule has 2 aromatic heterocycles. The average molecular weight is 648 g/mol. The van der Waals surface area contributed by atoms with Gasteiger partial charge in [0.25, 0.3) is 5.56 Å². The molecule has 0 spiro atoms. The predicted molar refractivity (Wildman–Crippen MR) is 176 cm³/mol. The number of piperazine rings is 1. The Morgan fingerprint density at radius 3 is 1.96 bits per heavy atom. The number of aryl methyl sites for hydroxylation is 1. The van der Waals surface area contributed by atoms with E-state index in [9.17, 15) is 28.2 Å². The van der Waals surface area contributed by atoms with E-state index in [2.05, 4.69) is 23.6 Å². The second-order valence-corrected chi connectivity index (χ2v) is 14.1. The van der Waals surface area contributed by atoms with Crippen LogP contribution in [0.25, 0.3) is 11.2 Å². The third-order valence-corrected chi connectivity index (χ3v) is 10.3. The lowest BCUT2D eigenvalue weighted by Crippen LogP contribution is -2.51. The molecule has 13 nitrogen and oxygen atoms in total. The highest BCUT2D eigenvalue weighted by Gasteiger charge is 2.27. The number of nitrogens with zero attached hydrogens (tertiary/aromatic N) is 7. The van der Waals surface area contributed by atoms with E-state index in [1.807, 2.05) is 4.90 Å². The van der Waals surface area contributed by atoms with Gasteiger partial charge in [-0.25, -0.2) is 13.2 Å². The van der Waals surface area contributed by atoms with E-state index in [1.54, 1.807) is 29.8 Å². The van der Waals surface area contributed by atoms with Gasteiger partial charge in [0.2, 0.25) is 5.95 Å². The number of aromatic nitrogens is 4. The fraction of sp³-hybridized carbons (Fsp3) is 0.645. The Kier molecular flexibility index (Phi) is 12.0. The number of sulfone groups is 1. The molecular weight excluding hydrogens is 598 g/mol. The van der Waals surface area contributed by atoms with Crippen molar-refractivity contribution in [2.24, 2.45) is 14.1 Å². The molecule has 1 aliphatic rings. The van der Waals surface area contributed by atoms with Crippen molar-refractivity contribution in [1.29, 1.82) is 0 Å². The first kappa shape index (κ1) is 34.8. The molecule has 3 heterocycles. The highest BCUT2D eigenvalue weighted by atomic mass is 32.2. The monoisotopic (exact) mass is 647 g/mol. The average Bonchev–Trinajstić information content (AvgIpc) is 3.39. The van der Waals surface area contributed by atoms with Gasteiger partial charge >= 0.3 is 5.69 Å². The molecular formula is C31H49N7O6S. The van der Waals surface area contributed by atoms with Crippen molar-refractivity contribution in [3.05, 3.63) is 51.2 Å². The van der Waals surface area contributed by atoms with Gasteiger partial charge in [-0.2, -0.15) is 4.98 Å². The SMILES string of the molecule is CCCCN(CCCC)c1nc2c(c(=O)n(C)c(=O)n2C)n1CC(O)CN1CCN(CC(O)CS(=O)(=O)c2ccccc2)CC1. The van der Waals surface area contributed by atoms with E-state index < -0.39 is 33.3 Å². The maximum Gasteiger partial charge on any atom is 0.332 e. The van der Waals surface area contributed by atoms with Gasteiger partial charge in [-0.3, -0.25) is 23.7 Å². The van der Waals surface area contributed by atoms with Crippen LogP contribution >= 0.6 is 0 Å². The second kappa shape index (κ2) is 15.5. The van der Waals surface area contributed by atoms with Gasteiger partial charge in [0.05, 0.1) is 29.4 Å². The smallest absolute Gasteiger partial charge is 0.332 e. The number of unbranched alkanes of at least 4 members (excludes halogenated alkanes) is 2. The Morgan fingerprint density at radius 1 is 0.844 bits per heavy atom. The first-order chi connectivity index (χ1) is 21.5. The van der Waals surface area contributed by atoms with E-state index in [0.717, 1.165) is 43.3 Å². The highest BCUT2D eigenvalue weighted by Crippen LogP contribution is 2.22. The van der Waals surface area contributed by atoms with E-state index in [0.29, 0.717) is 49.8 Å². The van der Waals surface area contributed by atoms with Gasteiger partial charge in [-0.05, 0) is 25.0 Å². The zero-order chi connectivity index (χ0) is 32.7.